The van der Waals surface area contributed by atoms with Gasteiger partial charge in [0.05, 0.1) is 0 Å². The van der Waals surface area contributed by atoms with Crippen molar-refractivity contribution >= 4 is 17.5 Å². The van der Waals surface area contributed by atoms with Crippen molar-refractivity contribution in [1.82, 2.24) is 15.6 Å². The van der Waals surface area contributed by atoms with Gasteiger partial charge in [-0.3, -0.25) is 0 Å². The fourth-order valence-electron chi connectivity index (χ4n) is 3.23. The van der Waals surface area contributed by atoms with E-state index in [2.05, 4.69) is 44.6 Å². The lowest BCUT2D eigenvalue weighted by Gasteiger charge is -2.19. The Morgan fingerprint density at radius 1 is 1.11 bits per heavy atom. The normalized spacial score (nSPS) is 13.4. The Bertz CT molecular complexity index is 698. The highest BCUT2D eigenvalue weighted by Gasteiger charge is 2.13. The van der Waals surface area contributed by atoms with E-state index in [1.165, 1.54) is 18.5 Å². The van der Waals surface area contributed by atoms with Crippen molar-refractivity contribution in [1.29, 1.82) is 0 Å². The second-order valence-corrected chi connectivity index (χ2v) is 6.94. The third-order valence-corrected chi connectivity index (χ3v) is 4.85. The predicted molar refractivity (Wildman–Crippen MR) is 110 cm³/mol. The first-order valence-corrected chi connectivity index (χ1v) is 9.70. The summed E-state index contributed by atoms with van der Waals surface area (Å²) >= 11 is 0. The number of nitrogens with one attached hydrogen (secondary N) is 2. The van der Waals surface area contributed by atoms with Gasteiger partial charge < -0.3 is 20.4 Å². The molecule has 0 saturated carbocycles. The van der Waals surface area contributed by atoms with E-state index in [4.69, 9.17) is 0 Å². The maximum atomic E-state index is 11.9. The minimum absolute atomic E-state index is 0.138. The van der Waals surface area contributed by atoms with E-state index < -0.39 is 0 Å². The van der Waals surface area contributed by atoms with Crippen molar-refractivity contribution in [2.24, 2.45) is 0 Å². The van der Waals surface area contributed by atoms with Crippen LogP contribution in [0.2, 0.25) is 0 Å². The molecule has 1 saturated heterocycles. The molecule has 27 heavy (non-hydrogen) atoms. The summed E-state index contributed by atoms with van der Waals surface area (Å²) in [6, 6.07) is 14.2. The summed E-state index contributed by atoms with van der Waals surface area (Å²) in [4.78, 5) is 20.9. The van der Waals surface area contributed by atoms with Crippen LogP contribution in [0.15, 0.2) is 48.7 Å². The zero-order valence-electron chi connectivity index (χ0n) is 16.0. The summed E-state index contributed by atoms with van der Waals surface area (Å²) in [5.41, 5.74) is 2.20. The molecule has 2 heterocycles. The molecule has 1 fully saturated rings. The van der Waals surface area contributed by atoms with Crippen LogP contribution in [0.4, 0.5) is 16.3 Å². The average Bonchev–Trinajstić information content (AvgIpc) is 3.25. The number of nitrogens with zero attached hydrogens (tertiary/aromatic N) is 3. The molecule has 0 bridgehead atoms. The van der Waals surface area contributed by atoms with Gasteiger partial charge in [0.2, 0.25) is 0 Å². The largest absolute Gasteiger partial charge is 0.375 e. The Morgan fingerprint density at radius 3 is 2.59 bits per heavy atom. The number of urea groups is 1. The molecule has 0 aliphatic carbocycles. The van der Waals surface area contributed by atoms with Crippen LogP contribution >= 0.6 is 0 Å². The summed E-state index contributed by atoms with van der Waals surface area (Å²) in [7, 11) is 2.06. The summed E-state index contributed by atoms with van der Waals surface area (Å²) in [6.45, 7) is 4.21. The average molecular weight is 367 g/mol. The zero-order valence-corrected chi connectivity index (χ0v) is 16.0. The lowest BCUT2D eigenvalue weighted by Crippen LogP contribution is -2.36. The number of carbonyl (C=O) groups is 1. The first-order valence-electron chi connectivity index (χ1n) is 9.70. The van der Waals surface area contributed by atoms with Gasteiger partial charge in [0.1, 0.15) is 5.82 Å². The quantitative estimate of drug-likeness (QED) is 0.704. The van der Waals surface area contributed by atoms with Gasteiger partial charge in [-0.25, -0.2) is 9.78 Å². The standard InChI is InChI=1S/C21H29N5O/c1-25(19-8-3-2-4-9-19)13-7-12-22-21(27)24-17-18-10-11-20(23-16-18)26-14-5-6-15-26/h2-4,8-11,16H,5-7,12-15,17H2,1H3,(H2,22,24,27). The zero-order chi connectivity index (χ0) is 18.9. The number of anilines is 2. The van der Waals surface area contributed by atoms with Gasteiger partial charge in [-0.15, -0.1) is 0 Å². The van der Waals surface area contributed by atoms with Crippen LogP contribution in [-0.2, 0) is 6.54 Å². The minimum atomic E-state index is -0.138. The predicted octanol–water partition coefficient (Wildman–Crippen LogP) is 3.01. The van der Waals surface area contributed by atoms with Crippen molar-refractivity contribution in [2.45, 2.75) is 25.8 Å². The molecule has 1 aromatic carbocycles. The minimum Gasteiger partial charge on any atom is -0.375 e. The molecule has 6 heteroatoms. The summed E-state index contributed by atoms with van der Waals surface area (Å²) < 4.78 is 0. The second-order valence-electron chi connectivity index (χ2n) is 6.94. The molecule has 2 amide bonds. The maximum absolute atomic E-state index is 11.9. The number of rotatable bonds is 8. The number of hydrogen-bond acceptors (Lipinski definition) is 4. The Hall–Kier alpha value is -2.76. The van der Waals surface area contributed by atoms with Crippen molar-refractivity contribution in [3.8, 4) is 0 Å². The smallest absolute Gasteiger partial charge is 0.315 e. The number of hydrogen-bond donors (Lipinski definition) is 2. The lowest BCUT2D eigenvalue weighted by molar-refractivity contribution is 0.240. The second kappa shape index (κ2) is 9.80. The van der Waals surface area contributed by atoms with Crippen LogP contribution in [-0.4, -0.2) is 44.2 Å². The number of pyridine rings is 1. The van der Waals surface area contributed by atoms with Gasteiger partial charge in [0, 0.05) is 51.7 Å². The highest BCUT2D eigenvalue weighted by atomic mass is 16.2. The summed E-state index contributed by atoms with van der Waals surface area (Å²) in [5.74, 6) is 1.03. The SMILES string of the molecule is CN(CCCNC(=O)NCc1ccc(N2CCCC2)nc1)c1ccccc1. The van der Waals surface area contributed by atoms with Crippen LogP contribution in [0.25, 0.3) is 0 Å². The number of carbonyl (C=O) groups excluding carboxylic acids is 1. The molecule has 0 unspecified atom stereocenters. The molecule has 144 valence electrons. The number of benzene rings is 1. The molecule has 1 aromatic heterocycles. The Balaban J connectivity index is 1.31. The van der Waals surface area contributed by atoms with Gasteiger partial charge in [-0.05, 0) is 43.0 Å². The van der Waals surface area contributed by atoms with E-state index >= 15 is 0 Å². The highest BCUT2D eigenvalue weighted by molar-refractivity contribution is 5.73. The van der Waals surface area contributed by atoms with Crippen molar-refractivity contribution in [2.75, 3.05) is 43.0 Å². The molecule has 3 rings (SSSR count). The first kappa shape index (κ1) is 19.0. The molecular formula is C21H29N5O. The molecule has 1 aliphatic rings. The van der Waals surface area contributed by atoms with Crippen molar-refractivity contribution < 1.29 is 4.79 Å². The van der Waals surface area contributed by atoms with Crippen LogP contribution in [0, 0.1) is 0 Å². The van der Waals surface area contributed by atoms with Gasteiger partial charge in [-0.2, -0.15) is 0 Å². The molecule has 1 aliphatic heterocycles. The van der Waals surface area contributed by atoms with Crippen LogP contribution in [0.3, 0.4) is 0 Å². The number of para-hydroxylation sites is 1. The molecule has 6 nitrogen and oxygen atoms in total. The number of amides is 2. The van der Waals surface area contributed by atoms with Gasteiger partial charge >= 0.3 is 6.03 Å². The first-order chi connectivity index (χ1) is 13.2. The molecule has 2 N–H and O–H groups in total. The highest BCUT2D eigenvalue weighted by Crippen LogP contribution is 2.17. The van der Waals surface area contributed by atoms with E-state index in [-0.39, 0.29) is 6.03 Å². The van der Waals surface area contributed by atoms with E-state index in [1.807, 2.05) is 36.5 Å². The molecule has 0 spiro atoms. The lowest BCUT2D eigenvalue weighted by atomic mass is 10.3. The Morgan fingerprint density at radius 2 is 1.89 bits per heavy atom. The summed E-state index contributed by atoms with van der Waals surface area (Å²) in [6.07, 6.45) is 5.23. The fourth-order valence-corrected chi connectivity index (χ4v) is 3.23. The monoisotopic (exact) mass is 367 g/mol. The van der Waals surface area contributed by atoms with Crippen molar-refractivity contribution in [3.63, 3.8) is 0 Å². The number of aromatic nitrogens is 1. The third-order valence-electron chi connectivity index (χ3n) is 4.85. The van der Waals surface area contributed by atoms with Gasteiger partial charge in [0.25, 0.3) is 0 Å². The third kappa shape index (κ3) is 5.88. The fraction of sp³-hybridized carbons (Fsp3) is 0.429. The maximum Gasteiger partial charge on any atom is 0.315 e. The van der Waals surface area contributed by atoms with E-state index in [1.54, 1.807) is 0 Å². The van der Waals surface area contributed by atoms with Gasteiger partial charge in [-0.1, -0.05) is 24.3 Å². The molecule has 2 aromatic rings. The van der Waals surface area contributed by atoms with E-state index in [0.29, 0.717) is 13.1 Å². The Kier molecular flexibility index (Phi) is 6.90. The van der Waals surface area contributed by atoms with Crippen LogP contribution < -0.4 is 20.4 Å². The topological polar surface area (TPSA) is 60.5 Å². The van der Waals surface area contributed by atoms with Crippen molar-refractivity contribution in [3.05, 3.63) is 54.2 Å². The van der Waals surface area contributed by atoms with E-state index in [9.17, 15) is 4.79 Å². The van der Waals surface area contributed by atoms with E-state index in [0.717, 1.165) is 37.4 Å². The van der Waals surface area contributed by atoms with Crippen LogP contribution in [0.5, 0.6) is 0 Å². The Labute approximate surface area is 161 Å². The molecule has 0 atom stereocenters. The molecule has 0 radical (unpaired) electrons. The van der Waals surface area contributed by atoms with Crippen LogP contribution in [0.1, 0.15) is 24.8 Å². The van der Waals surface area contributed by atoms with Gasteiger partial charge in [0.15, 0.2) is 0 Å². The summed E-state index contributed by atoms with van der Waals surface area (Å²) in [5, 5.41) is 5.80. The molecular weight excluding hydrogens is 338 g/mol.